The Balaban J connectivity index is 1.60. The summed E-state index contributed by atoms with van der Waals surface area (Å²) in [5, 5.41) is 21.2. The molecule has 3 aromatic carbocycles. The van der Waals surface area contributed by atoms with Crippen molar-refractivity contribution in [1.29, 1.82) is 0 Å². The third kappa shape index (κ3) is 6.43. The lowest BCUT2D eigenvalue weighted by Crippen LogP contribution is -2.56. The molecule has 4 N–H and O–H groups in total. The van der Waals surface area contributed by atoms with Crippen LogP contribution >= 0.6 is 11.6 Å². The number of nitrogens with zero attached hydrogens (tertiary/aromatic N) is 2. The van der Waals surface area contributed by atoms with Gasteiger partial charge in [0.2, 0.25) is 5.91 Å². The number of carbonyl (C=O) groups is 1. The standard InChI is InChI=1S/C29H34ClN3O4/c1-20-17-32(19-29(2,36)23-5-3-4-22(16-23)28(31)35)18-27(21-6-8-24(30)9-7-21)33(20)25-10-12-26(13-11-25)37-15-14-34/h3-13,16,20,27,34,36H,14-15,17-19H2,1-2H3,(H2,31,35)/t20?,27-,29+/m0/s1. The molecule has 196 valence electrons. The second-order valence-electron chi connectivity index (χ2n) is 9.80. The van der Waals surface area contributed by atoms with Gasteiger partial charge in [-0.2, -0.15) is 0 Å². The van der Waals surface area contributed by atoms with Crippen molar-refractivity contribution in [3.63, 3.8) is 0 Å². The van der Waals surface area contributed by atoms with E-state index in [-0.39, 0.29) is 25.3 Å². The van der Waals surface area contributed by atoms with Crippen molar-refractivity contribution < 1.29 is 19.7 Å². The molecule has 7 nitrogen and oxygen atoms in total. The van der Waals surface area contributed by atoms with E-state index in [1.54, 1.807) is 25.1 Å². The molecule has 1 unspecified atom stereocenters. The number of ether oxygens (including phenoxy) is 1. The molecule has 0 radical (unpaired) electrons. The van der Waals surface area contributed by atoms with Crippen LogP contribution in [0.3, 0.4) is 0 Å². The van der Waals surface area contributed by atoms with Crippen LogP contribution in [-0.4, -0.2) is 59.9 Å². The largest absolute Gasteiger partial charge is 0.491 e. The lowest BCUT2D eigenvalue weighted by Gasteiger charge is -2.48. The van der Waals surface area contributed by atoms with Crippen LogP contribution in [-0.2, 0) is 5.60 Å². The van der Waals surface area contributed by atoms with E-state index in [1.165, 1.54) is 0 Å². The van der Waals surface area contributed by atoms with Gasteiger partial charge in [0.1, 0.15) is 12.4 Å². The Morgan fingerprint density at radius 1 is 1.11 bits per heavy atom. The van der Waals surface area contributed by atoms with Gasteiger partial charge >= 0.3 is 0 Å². The fraction of sp³-hybridized carbons (Fsp3) is 0.345. The van der Waals surface area contributed by atoms with Crippen molar-refractivity contribution in [3.05, 3.63) is 94.5 Å². The summed E-state index contributed by atoms with van der Waals surface area (Å²) < 4.78 is 5.54. The first-order chi connectivity index (χ1) is 17.7. The molecule has 3 aromatic rings. The van der Waals surface area contributed by atoms with E-state index in [9.17, 15) is 9.90 Å². The average molecular weight is 524 g/mol. The zero-order valence-electron chi connectivity index (χ0n) is 21.2. The molecule has 1 saturated heterocycles. The van der Waals surface area contributed by atoms with Gasteiger partial charge < -0.3 is 25.6 Å². The van der Waals surface area contributed by atoms with Crippen molar-refractivity contribution in [2.24, 2.45) is 5.73 Å². The minimum atomic E-state index is -1.18. The first-order valence-corrected chi connectivity index (χ1v) is 12.8. The summed E-state index contributed by atoms with van der Waals surface area (Å²) in [6.45, 7) is 5.98. The SMILES string of the molecule is CC1CN(C[C@@](C)(O)c2cccc(C(N)=O)c2)C[C@@H](c2ccc(Cl)cc2)N1c1ccc(OCCO)cc1. The Morgan fingerprint density at radius 2 is 1.81 bits per heavy atom. The zero-order valence-corrected chi connectivity index (χ0v) is 21.9. The number of piperazine rings is 1. The maximum atomic E-state index is 11.7. The van der Waals surface area contributed by atoms with Gasteiger partial charge in [-0.3, -0.25) is 9.69 Å². The monoisotopic (exact) mass is 523 g/mol. The fourth-order valence-electron chi connectivity index (χ4n) is 5.10. The minimum absolute atomic E-state index is 0.0120. The summed E-state index contributed by atoms with van der Waals surface area (Å²) in [4.78, 5) is 16.3. The van der Waals surface area contributed by atoms with Gasteiger partial charge in [0.15, 0.2) is 0 Å². The predicted molar refractivity (Wildman–Crippen MR) is 146 cm³/mol. The highest BCUT2D eigenvalue weighted by Crippen LogP contribution is 2.36. The minimum Gasteiger partial charge on any atom is -0.491 e. The van der Waals surface area contributed by atoms with Crippen LogP contribution in [0.5, 0.6) is 5.75 Å². The van der Waals surface area contributed by atoms with Crippen molar-refractivity contribution in [1.82, 2.24) is 4.90 Å². The number of β-amino-alcohol motifs (C(OH)–C–C–N with tert-alkyl or cyclic N) is 1. The third-order valence-corrected chi connectivity index (χ3v) is 7.07. The molecule has 0 saturated carbocycles. The van der Waals surface area contributed by atoms with Crippen LogP contribution in [0.25, 0.3) is 0 Å². The average Bonchev–Trinajstić information content (AvgIpc) is 2.88. The number of carbonyl (C=O) groups excluding carboxylic acids is 1. The highest BCUT2D eigenvalue weighted by molar-refractivity contribution is 6.30. The topological polar surface area (TPSA) is 99.3 Å². The number of primary amides is 1. The first-order valence-electron chi connectivity index (χ1n) is 12.4. The van der Waals surface area contributed by atoms with Gasteiger partial charge in [-0.1, -0.05) is 35.9 Å². The number of benzene rings is 3. The number of rotatable bonds is 9. The molecule has 0 aliphatic carbocycles. The van der Waals surface area contributed by atoms with E-state index in [0.29, 0.717) is 35.0 Å². The van der Waals surface area contributed by atoms with Crippen LogP contribution in [0.2, 0.25) is 5.02 Å². The lowest BCUT2D eigenvalue weighted by molar-refractivity contribution is 0.00634. The molecule has 37 heavy (non-hydrogen) atoms. The zero-order chi connectivity index (χ0) is 26.6. The summed E-state index contributed by atoms with van der Waals surface area (Å²) in [5.74, 6) is 0.192. The maximum absolute atomic E-state index is 11.7. The molecule has 0 spiro atoms. The van der Waals surface area contributed by atoms with Crippen molar-refractivity contribution in [2.45, 2.75) is 31.5 Å². The number of aliphatic hydroxyl groups is 2. The molecule has 1 fully saturated rings. The molecule has 1 heterocycles. The quantitative estimate of drug-likeness (QED) is 0.392. The fourth-order valence-corrected chi connectivity index (χ4v) is 5.23. The highest BCUT2D eigenvalue weighted by atomic mass is 35.5. The van der Waals surface area contributed by atoms with E-state index >= 15 is 0 Å². The van der Waals surface area contributed by atoms with Gasteiger partial charge in [-0.25, -0.2) is 0 Å². The second-order valence-corrected chi connectivity index (χ2v) is 10.2. The summed E-state index contributed by atoms with van der Waals surface area (Å²) in [7, 11) is 0. The van der Waals surface area contributed by atoms with E-state index in [1.807, 2.05) is 54.6 Å². The number of halogens is 1. The number of amides is 1. The van der Waals surface area contributed by atoms with Crippen LogP contribution < -0.4 is 15.4 Å². The van der Waals surface area contributed by atoms with Crippen molar-refractivity contribution in [2.75, 3.05) is 37.7 Å². The number of anilines is 1. The molecule has 1 aliphatic rings. The first kappa shape index (κ1) is 26.9. The Kier molecular flexibility index (Phi) is 8.39. The summed E-state index contributed by atoms with van der Waals surface area (Å²) in [6, 6.07) is 22.8. The predicted octanol–water partition coefficient (Wildman–Crippen LogP) is 3.97. The van der Waals surface area contributed by atoms with Gasteiger partial charge in [0.25, 0.3) is 0 Å². The number of aliphatic hydroxyl groups excluding tert-OH is 1. The Hall–Kier alpha value is -3.10. The van der Waals surface area contributed by atoms with E-state index < -0.39 is 11.5 Å². The van der Waals surface area contributed by atoms with Crippen molar-refractivity contribution >= 4 is 23.2 Å². The van der Waals surface area contributed by atoms with E-state index in [2.05, 4.69) is 16.7 Å². The molecular weight excluding hydrogens is 490 g/mol. The summed E-state index contributed by atoms with van der Waals surface area (Å²) in [6.07, 6.45) is 0. The molecule has 3 atom stereocenters. The summed E-state index contributed by atoms with van der Waals surface area (Å²) in [5.41, 5.74) is 7.49. The lowest BCUT2D eigenvalue weighted by atomic mass is 9.91. The molecule has 8 heteroatoms. The number of hydrogen-bond donors (Lipinski definition) is 3. The molecule has 1 aliphatic heterocycles. The van der Waals surface area contributed by atoms with Crippen molar-refractivity contribution in [3.8, 4) is 5.75 Å². The molecule has 0 bridgehead atoms. The van der Waals surface area contributed by atoms with Gasteiger partial charge in [0, 0.05) is 41.9 Å². The van der Waals surface area contributed by atoms with Crippen LogP contribution in [0.1, 0.15) is 41.4 Å². The van der Waals surface area contributed by atoms with Crippen LogP contribution in [0.4, 0.5) is 5.69 Å². The summed E-state index contributed by atoms with van der Waals surface area (Å²) >= 11 is 6.19. The Labute approximate surface area is 223 Å². The second kappa shape index (κ2) is 11.5. The van der Waals surface area contributed by atoms with Gasteiger partial charge in [-0.15, -0.1) is 0 Å². The molecule has 4 rings (SSSR count). The Morgan fingerprint density at radius 3 is 2.46 bits per heavy atom. The number of hydrogen-bond acceptors (Lipinski definition) is 6. The van der Waals surface area contributed by atoms with E-state index in [4.69, 9.17) is 27.2 Å². The van der Waals surface area contributed by atoms with Gasteiger partial charge in [-0.05, 0) is 73.5 Å². The normalized spacial score (nSPS) is 19.9. The van der Waals surface area contributed by atoms with Crippen LogP contribution in [0.15, 0.2) is 72.8 Å². The molecule has 1 amide bonds. The third-order valence-electron chi connectivity index (χ3n) is 6.81. The smallest absolute Gasteiger partial charge is 0.248 e. The molecular formula is C29H34ClN3O4. The van der Waals surface area contributed by atoms with Gasteiger partial charge in [0.05, 0.1) is 18.2 Å². The molecule has 0 aromatic heterocycles. The number of nitrogens with two attached hydrogens (primary N) is 1. The maximum Gasteiger partial charge on any atom is 0.248 e. The van der Waals surface area contributed by atoms with Crippen LogP contribution in [0, 0.1) is 0 Å². The highest BCUT2D eigenvalue weighted by Gasteiger charge is 2.36. The van der Waals surface area contributed by atoms with E-state index in [0.717, 1.165) is 17.8 Å². The Bertz CT molecular complexity index is 1200.